The standard InChI is InChI=1S/C27H35N5O4/c1-18(33)14-24(34)32-12-10-27(11-13-32,19-8-6-5-7-9-19)17-31(2)26-29-21-16-23(36-4)22(35-3)15-20(21)25(28)30-26/h5-9,15-16,18,33H,10-14,17H2,1-4H3,(H2,28,29,30)/t18-/m0/s1. The molecule has 9 heteroatoms. The number of fused-ring (bicyclic) bond motifs is 1. The van der Waals surface area contributed by atoms with E-state index < -0.39 is 6.10 Å². The second kappa shape index (κ2) is 10.6. The topological polar surface area (TPSA) is 114 Å². The van der Waals surface area contributed by atoms with Crippen LogP contribution < -0.4 is 20.1 Å². The minimum atomic E-state index is -0.640. The van der Waals surface area contributed by atoms with Gasteiger partial charge in [0.1, 0.15) is 5.82 Å². The van der Waals surface area contributed by atoms with Crippen LogP contribution in [0.5, 0.6) is 11.5 Å². The van der Waals surface area contributed by atoms with Crippen LogP contribution in [0, 0.1) is 0 Å². The highest BCUT2D eigenvalue weighted by atomic mass is 16.5. The third kappa shape index (κ3) is 5.16. The number of nitrogens with zero attached hydrogens (tertiary/aromatic N) is 4. The van der Waals surface area contributed by atoms with Gasteiger partial charge in [-0.25, -0.2) is 4.98 Å². The smallest absolute Gasteiger partial charge is 0.227 e. The number of ether oxygens (including phenoxy) is 2. The number of hydrogen-bond donors (Lipinski definition) is 2. The largest absolute Gasteiger partial charge is 0.493 e. The molecule has 0 aliphatic carbocycles. The summed E-state index contributed by atoms with van der Waals surface area (Å²) in [6, 6.07) is 14.0. The molecule has 0 spiro atoms. The molecule has 1 saturated heterocycles. The Kier molecular flexibility index (Phi) is 7.49. The van der Waals surface area contributed by atoms with E-state index in [1.807, 2.05) is 41.1 Å². The van der Waals surface area contributed by atoms with Gasteiger partial charge in [0.15, 0.2) is 11.5 Å². The second-order valence-corrected chi connectivity index (χ2v) is 9.57. The Morgan fingerprint density at radius 1 is 1.14 bits per heavy atom. The van der Waals surface area contributed by atoms with E-state index in [1.165, 1.54) is 5.56 Å². The Bertz CT molecular complexity index is 1210. The molecule has 36 heavy (non-hydrogen) atoms. The van der Waals surface area contributed by atoms with E-state index >= 15 is 0 Å². The van der Waals surface area contributed by atoms with Crippen molar-refractivity contribution in [1.82, 2.24) is 14.9 Å². The quantitative estimate of drug-likeness (QED) is 0.492. The molecule has 2 aromatic carbocycles. The molecule has 1 aromatic heterocycles. The summed E-state index contributed by atoms with van der Waals surface area (Å²) in [6.45, 7) is 3.57. The van der Waals surface area contributed by atoms with E-state index in [0.29, 0.717) is 53.8 Å². The number of carbonyl (C=O) groups excluding carboxylic acids is 1. The molecule has 3 N–H and O–H groups in total. The van der Waals surface area contributed by atoms with E-state index in [2.05, 4.69) is 17.1 Å². The molecule has 1 amide bonds. The first kappa shape index (κ1) is 25.5. The lowest BCUT2D eigenvalue weighted by atomic mass is 9.72. The zero-order chi connectivity index (χ0) is 25.9. The number of likely N-dealkylation sites (tertiary alicyclic amines) is 1. The molecule has 1 aliphatic rings. The lowest BCUT2D eigenvalue weighted by Crippen LogP contribution is -2.50. The number of nitrogens with two attached hydrogens (primary N) is 1. The summed E-state index contributed by atoms with van der Waals surface area (Å²) in [4.78, 5) is 25.9. The number of carbonyl (C=O) groups is 1. The fourth-order valence-corrected chi connectivity index (χ4v) is 5.06. The van der Waals surface area contributed by atoms with E-state index in [-0.39, 0.29) is 17.7 Å². The number of rotatable bonds is 8. The number of amides is 1. The molecule has 3 aromatic rings. The second-order valence-electron chi connectivity index (χ2n) is 9.57. The number of aromatic nitrogens is 2. The van der Waals surface area contributed by atoms with Crippen LogP contribution in [0.25, 0.3) is 10.9 Å². The molecular weight excluding hydrogens is 458 g/mol. The molecule has 0 radical (unpaired) electrons. The van der Waals surface area contributed by atoms with Crippen LogP contribution in [0.4, 0.5) is 11.8 Å². The monoisotopic (exact) mass is 493 g/mol. The SMILES string of the molecule is COc1cc2nc(N(C)CC3(c4ccccc4)CCN(C(=O)C[C@H](C)O)CC3)nc(N)c2cc1OC. The predicted octanol–water partition coefficient (Wildman–Crippen LogP) is 3.00. The Morgan fingerprint density at radius 3 is 2.39 bits per heavy atom. The summed E-state index contributed by atoms with van der Waals surface area (Å²) in [6.07, 6.45) is 1.09. The number of methoxy groups -OCH3 is 2. The van der Waals surface area contributed by atoms with Crippen LogP contribution in [0.2, 0.25) is 0 Å². The Balaban J connectivity index is 1.63. The summed E-state index contributed by atoms with van der Waals surface area (Å²) in [5, 5.41) is 10.3. The van der Waals surface area contributed by atoms with E-state index in [0.717, 1.165) is 12.8 Å². The van der Waals surface area contributed by atoms with Crippen molar-refractivity contribution < 1.29 is 19.4 Å². The maximum Gasteiger partial charge on any atom is 0.227 e. The molecule has 1 aliphatic heterocycles. The fraction of sp³-hybridized carbons (Fsp3) is 0.444. The van der Waals surface area contributed by atoms with Gasteiger partial charge in [0.2, 0.25) is 11.9 Å². The van der Waals surface area contributed by atoms with Crippen molar-refractivity contribution in [1.29, 1.82) is 0 Å². The summed E-state index contributed by atoms with van der Waals surface area (Å²) in [5.74, 6) is 2.04. The Labute approximate surface area is 211 Å². The van der Waals surface area contributed by atoms with Crippen LogP contribution in [0.15, 0.2) is 42.5 Å². The maximum absolute atomic E-state index is 12.6. The molecule has 2 heterocycles. The molecule has 4 rings (SSSR count). The summed E-state index contributed by atoms with van der Waals surface area (Å²) in [5.41, 5.74) is 8.04. The molecule has 0 unspecified atom stereocenters. The molecule has 192 valence electrons. The van der Waals surface area contributed by atoms with Crippen LogP contribution in [-0.2, 0) is 10.2 Å². The minimum absolute atomic E-state index is 0.00460. The van der Waals surface area contributed by atoms with Gasteiger partial charge in [-0.1, -0.05) is 30.3 Å². The van der Waals surface area contributed by atoms with Crippen molar-refractivity contribution in [3.05, 3.63) is 48.0 Å². The normalized spacial score (nSPS) is 16.0. The third-order valence-electron chi connectivity index (χ3n) is 7.03. The third-order valence-corrected chi connectivity index (χ3v) is 7.03. The van der Waals surface area contributed by atoms with Crippen LogP contribution in [0.3, 0.4) is 0 Å². The minimum Gasteiger partial charge on any atom is -0.493 e. The van der Waals surface area contributed by atoms with E-state index in [1.54, 1.807) is 27.2 Å². The fourth-order valence-electron chi connectivity index (χ4n) is 5.06. The molecule has 0 bridgehead atoms. The van der Waals surface area contributed by atoms with Crippen LogP contribution in [-0.4, -0.2) is 72.9 Å². The van der Waals surface area contributed by atoms with Gasteiger partial charge >= 0.3 is 0 Å². The van der Waals surface area contributed by atoms with Gasteiger partial charge in [-0.3, -0.25) is 4.79 Å². The van der Waals surface area contributed by atoms with Crippen molar-refractivity contribution in [3.8, 4) is 11.5 Å². The zero-order valence-corrected chi connectivity index (χ0v) is 21.4. The number of nitrogen functional groups attached to an aromatic ring is 1. The van der Waals surface area contributed by atoms with Gasteiger partial charge < -0.3 is 30.1 Å². The van der Waals surface area contributed by atoms with Crippen molar-refractivity contribution in [2.24, 2.45) is 0 Å². The van der Waals surface area contributed by atoms with E-state index in [9.17, 15) is 9.90 Å². The number of aliphatic hydroxyl groups is 1. The first-order valence-electron chi connectivity index (χ1n) is 12.2. The number of hydrogen-bond acceptors (Lipinski definition) is 8. The lowest BCUT2D eigenvalue weighted by molar-refractivity contribution is -0.134. The molecule has 1 fully saturated rings. The maximum atomic E-state index is 12.6. The number of benzene rings is 2. The summed E-state index contributed by atoms with van der Waals surface area (Å²) < 4.78 is 10.8. The van der Waals surface area contributed by atoms with Crippen LogP contribution in [0.1, 0.15) is 31.7 Å². The van der Waals surface area contributed by atoms with Gasteiger partial charge in [0.25, 0.3) is 0 Å². The van der Waals surface area contributed by atoms with Crippen molar-refractivity contribution in [2.75, 3.05) is 51.5 Å². The molecule has 1 atom stereocenters. The predicted molar refractivity (Wildman–Crippen MR) is 141 cm³/mol. The first-order valence-corrected chi connectivity index (χ1v) is 12.2. The number of anilines is 2. The van der Waals surface area contributed by atoms with Gasteiger partial charge in [-0.2, -0.15) is 4.98 Å². The Morgan fingerprint density at radius 2 is 1.78 bits per heavy atom. The summed E-state index contributed by atoms with van der Waals surface area (Å²) >= 11 is 0. The highest BCUT2D eigenvalue weighted by molar-refractivity contribution is 5.91. The Hall–Kier alpha value is -3.59. The first-order chi connectivity index (χ1) is 17.3. The zero-order valence-electron chi connectivity index (χ0n) is 21.4. The van der Waals surface area contributed by atoms with Gasteiger partial charge in [0, 0.05) is 43.5 Å². The lowest BCUT2D eigenvalue weighted by Gasteiger charge is -2.44. The van der Waals surface area contributed by atoms with Crippen molar-refractivity contribution in [3.63, 3.8) is 0 Å². The van der Waals surface area contributed by atoms with E-state index in [4.69, 9.17) is 20.2 Å². The van der Waals surface area contributed by atoms with Crippen molar-refractivity contribution in [2.45, 2.75) is 37.7 Å². The van der Waals surface area contributed by atoms with Gasteiger partial charge in [-0.15, -0.1) is 0 Å². The number of likely N-dealkylation sites (N-methyl/N-ethyl adjacent to an activating group) is 1. The number of piperidine rings is 1. The van der Waals surface area contributed by atoms with Crippen LogP contribution >= 0.6 is 0 Å². The highest BCUT2D eigenvalue weighted by Crippen LogP contribution is 2.38. The van der Waals surface area contributed by atoms with Gasteiger partial charge in [0.05, 0.1) is 32.3 Å². The molecule has 0 saturated carbocycles. The van der Waals surface area contributed by atoms with Crippen molar-refractivity contribution >= 4 is 28.6 Å². The molecular formula is C27H35N5O4. The number of aliphatic hydroxyl groups excluding tert-OH is 1. The molecule has 9 nitrogen and oxygen atoms in total. The summed E-state index contributed by atoms with van der Waals surface area (Å²) in [7, 11) is 5.13. The van der Waals surface area contributed by atoms with Gasteiger partial charge in [-0.05, 0) is 31.4 Å². The average Bonchev–Trinajstić information content (AvgIpc) is 2.88. The average molecular weight is 494 g/mol. The highest BCUT2D eigenvalue weighted by Gasteiger charge is 2.39.